The summed E-state index contributed by atoms with van der Waals surface area (Å²) in [7, 11) is 0. The minimum atomic E-state index is -0.540. The summed E-state index contributed by atoms with van der Waals surface area (Å²) in [6, 6.07) is 1.18. The summed E-state index contributed by atoms with van der Waals surface area (Å²) in [6.45, 7) is 2.51. The number of amides is 1. The first-order chi connectivity index (χ1) is 14.1. The molecule has 0 radical (unpaired) electrons. The highest BCUT2D eigenvalue weighted by Gasteiger charge is 2.28. The maximum atomic E-state index is 11.8. The quantitative estimate of drug-likeness (QED) is 0.576. The van der Waals surface area contributed by atoms with E-state index in [4.69, 9.17) is 5.73 Å². The normalized spacial score (nSPS) is 30.8. The lowest BCUT2D eigenvalue weighted by Crippen LogP contribution is -2.39. The van der Waals surface area contributed by atoms with E-state index in [-0.39, 0.29) is 12.1 Å². The molecule has 29 heavy (non-hydrogen) atoms. The highest BCUT2D eigenvalue weighted by molar-refractivity contribution is 5.97. The van der Waals surface area contributed by atoms with Crippen molar-refractivity contribution in [2.24, 2.45) is 5.73 Å². The predicted molar refractivity (Wildman–Crippen MR) is 113 cm³/mol. The summed E-state index contributed by atoms with van der Waals surface area (Å²) in [5, 5.41) is 16.7. The number of carbonyl (C=O) groups excluding carboxylic acids is 1. The van der Waals surface area contributed by atoms with Crippen LogP contribution in [0.1, 0.15) is 74.6 Å². The molecular weight excluding hydrogens is 368 g/mol. The Balaban J connectivity index is 1.38. The van der Waals surface area contributed by atoms with E-state index in [2.05, 4.69) is 25.5 Å². The molecule has 1 aromatic rings. The number of nitrogens with two attached hydrogens (primary N) is 1. The van der Waals surface area contributed by atoms with Crippen LogP contribution in [0, 0.1) is 0 Å². The zero-order chi connectivity index (χ0) is 20.2. The average Bonchev–Trinajstić information content (AvgIpc) is 3.23. The molecular formula is C21H34N6O2. The number of rotatable bonds is 6. The lowest BCUT2D eigenvalue weighted by atomic mass is 9.90. The van der Waals surface area contributed by atoms with E-state index < -0.39 is 5.91 Å². The SMILES string of the molecule is NC(=O)c1cnc(NC2CCC(N3CCCC3)CC2)nc1NC1CCCC(O)C1. The van der Waals surface area contributed by atoms with Gasteiger partial charge in [-0.2, -0.15) is 4.98 Å². The van der Waals surface area contributed by atoms with E-state index in [0.29, 0.717) is 29.8 Å². The fourth-order valence-corrected chi connectivity index (χ4v) is 5.10. The highest BCUT2D eigenvalue weighted by atomic mass is 16.3. The molecule has 0 spiro atoms. The zero-order valence-corrected chi connectivity index (χ0v) is 17.1. The largest absolute Gasteiger partial charge is 0.393 e. The number of likely N-dealkylation sites (tertiary alicyclic amines) is 1. The number of aliphatic hydroxyl groups excluding tert-OH is 1. The summed E-state index contributed by atoms with van der Waals surface area (Å²) in [6.07, 6.45) is 11.9. The molecule has 8 heteroatoms. The maximum absolute atomic E-state index is 11.8. The molecule has 2 aliphatic carbocycles. The van der Waals surface area contributed by atoms with Crippen molar-refractivity contribution in [2.75, 3.05) is 23.7 Å². The lowest BCUT2D eigenvalue weighted by Gasteiger charge is -2.34. The lowest BCUT2D eigenvalue weighted by molar-refractivity contribution is 0.100. The number of primary amides is 1. The fraction of sp³-hybridized carbons (Fsp3) is 0.762. The van der Waals surface area contributed by atoms with Gasteiger partial charge >= 0.3 is 0 Å². The minimum Gasteiger partial charge on any atom is -0.393 e. The fourth-order valence-electron chi connectivity index (χ4n) is 5.10. The number of hydrogen-bond acceptors (Lipinski definition) is 7. The van der Waals surface area contributed by atoms with E-state index in [1.54, 1.807) is 0 Å². The molecule has 1 saturated heterocycles. The van der Waals surface area contributed by atoms with Crippen LogP contribution >= 0.6 is 0 Å². The smallest absolute Gasteiger partial charge is 0.254 e. The Morgan fingerprint density at radius 2 is 1.79 bits per heavy atom. The molecule has 160 valence electrons. The second kappa shape index (κ2) is 9.26. The Kier molecular flexibility index (Phi) is 6.50. The third kappa shape index (κ3) is 5.17. The van der Waals surface area contributed by atoms with Crippen LogP contribution in [0.4, 0.5) is 11.8 Å². The van der Waals surface area contributed by atoms with Gasteiger partial charge in [0.2, 0.25) is 5.95 Å². The number of anilines is 2. The van der Waals surface area contributed by atoms with Crippen molar-refractivity contribution in [1.29, 1.82) is 0 Å². The van der Waals surface area contributed by atoms with Crippen molar-refractivity contribution in [3.63, 3.8) is 0 Å². The first-order valence-electron chi connectivity index (χ1n) is 11.2. The summed E-state index contributed by atoms with van der Waals surface area (Å²) < 4.78 is 0. The van der Waals surface area contributed by atoms with E-state index in [1.807, 2.05) is 0 Å². The third-order valence-electron chi connectivity index (χ3n) is 6.73. The molecule has 2 saturated carbocycles. The van der Waals surface area contributed by atoms with Crippen LogP contribution in [0.2, 0.25) is 0 Å². The van der Waals surface area contributed by atoms with Crippen molar-refractivity contribution in [1.82, 2.24) is 14.9 Å². The molecule has 0 aromatic carbocycles. The molecule has 4 rings (SSSR count). The van der Waals surface area contributed by atoms with Gasteiger partial charge in [0.1, 0.15) is 5.82 Å². The van der Waals surface area contributed by atoms with Crippen molar-refractivity contribution in [2.45, 2.75) is 88.4 Å². The number of aliphatic hydroxyl groups is 1. The Labute approximate surface area is 172 Å². The Bertz CT molecular complexity index is 700. The third-order valence-corrected chi connectivity index (χ3v) is 6.73. The molecule has 2 unspecified atom stereocenters. The van der Waals surface area contributed by atoms with Crippen LogP contribution in [0.3, 0.4) is 0 Å². The first kappa shape index (κ1) is 20.3. The van der Waals surface area contributed by atoms with Gasteiger partial charge in [0.25, 0.3) is 5.91 Å². The van der Waals surface area contributed by atoms with Gasteiger partial charge < -0.3 is 26.4 Å². The summed E-state index contributed by atoms with van der Waals surface area (Å²) >= 11 is 0. The number of carbonyl (C=O) groups is 1. The molecule has 8 nitrogen and oxygen atoms in total. The van der Waals surface area contributed by atoms with Crippen molar-refractivity contribution >= 4 is 17.7 Å². The molecule has 5 N–H and O–H groups in total. The summed E-state index contributed by atoms with van der Waals surface area (Å²) in [4.78, 5) is 23.4. The van der Waals surface area contributed by atoms with E-state index >= 15 is 0 Å². The Morgan fingerprint density at radius 3 is 2.48 bits per heavy atom. The molecule has 1 amide bonds. The van der Waals surface area contributed by atoms with E-state index in [9.17, 15) is 9.90 Å². The maximum Gasteiger partial charge on any atom is 0.254 e. The molecule has 0 bridgehead atoms. The first-order valence-corrected chi connectivity index (χ1v) is 11.2. The number of aromatic nitrogens is 2. The van der Waals surface area contributed by atoms with Crippen molar-refractivity contribution in [3.8, 4) is 0 Å². The molecule has 2 heterocycles. The van der Waals surface area contributed by atoms with Gasteiger partial charge in [0.15, 0.2) is 0 Å². The average molecular weight is 403 g/mol. The molecule has 3 aliphatic rings. The summed E-state index contributed by atoms with van der Waals surface area (Å²) in [5.41, 5.74) is 5.82. The van der Waals surface area contributed by atoms with Gasteiger partial charge in [0, 0.05) is 24.3 Å². The molecule has 2 atom stereocenters. The van der Waals surface area contributed by atoms with Gasteiger partial charge in [0.05, 0.1) is 11.7 Å². The topological polar surface area (TPSA) is 116 Å². The minimum absolute atomic E-state index is 0.0931. The number of nitrogens with zero attached hydrogens (tertiary/aromatic N) is 3. The van der Waals surface area contributed by atoms with Crippen molar-refractivity contribution in [3.05, 3.63) is 11.8 Å². The predicted octanol–water partition coefficient (Wildman–Crippen LogP) is 2.11. The number of hydrogen-bond donors (Lipinski definition) is 4. The molecule has 1 aliphatic heterocycles. The zero-order valence-electron chi connectivity index (χ0n) is 17.1. The van der Waals surface area contributed by atoms with Gasteiger partial charge in [-0.25, -0.2) is 4.98 Å². The monoisotopic (exact) mass is 402 g/mol. The van der Waals surface area contributed by atoms with Gasteiger partial charge in [-0.15, -0.1) is 0 Å². The van der Waals surface area contributed by atoms with Crippen molar-refractivity contribution < 1.29 is 9.90 Å². The second-order valence-electron chi connectivity index (χ2n) is 8.87. The van der Waals surface area contributed by atoms with E-state index in [0.717, 1.165) is 38.1 Å². The van der Waals surface area contributed by atoms with Crippen LogP contribution in [0.15, 0.2) is 6.20 Å². The summed E-state index contributed by atoms with van der Waals surface area (Å²) in [5.74, 6) is 0.472. The van der Waals surface area contributed by atoms with Gasteiger partial charge in [-0.1, -0.05) is 0 Å². The van der Waals surface area contributed by atoms with Gasteiger partial charge in [-0.3, -0.25) is 4.79 Å². The number of nitrogens with one attached hydrogen (secondary N) is 2. The second-order valence-corrected chi connectivity index (χ2v) is 8.87. The van der Waals surface area contributed by atoms with Gasteiger partial charge in [-0.05, 0) is 77.3 Å². The van der Waals surface area contributed by atoms with Crippen LogP contribution in [0.5, 0.6) is 0 Å². The van der Waals surface area contributed by atoms with Crippen LogP contribution in [-0.4, -0.2) is 63.2 Å². The highest BCUT2D eigenvalue weighted by Crippen LogP contribution is 2.28. The van der Waals surface area contributed by atoms with Crippen LogP contribution in [-0.2, 0) is 0 Å². The Hall–Kier alpha value is -1.93. The molecule has 3 fully saturated rings. The Morgan fingerprint density at radius 1 is 1.03 bits per heavy atom. The van der Waals surface area contributed by atoms with Crippen LogP contribution in [0.25, 0.3) is 0 Å². The van der Waals surface area contributed by atoms with E-state index in [1.165, 1.54) is 45.0 Å². The van der Waals surface area contributed by atoms with Crippen LogP contribution < -0.4 is 16.4 Å². The standard InChI is InChI=1S/C21H34N6O2/c22-19(29)18-13-23-21(26-20(18)24-15-4-3-5-17(28)12-15)25-14-6-8-16(9-7-14)27-10-1-2-11-27/h13-17,28H,1-12H2,(H2,22,29)(H2,23,24,25,26). The molecule has 1 aromatic heterocycles.